The molecule has 2 saturated heterocycles. The van der Waals surface area contributed by atoms with E-state index in [1.54, 1.807) is 14.2 Å². The fraction of sp³-hybridized carbons (Fsp3) is 0.481. The number of piperazine rings is 1. The number of rotatable bonds is 8. The van der Waals surface area contributed by atoms with Crippen molar-refractivity contribution in [3.05, 3.63) is 36.4 Å². The Balaban J connectivity index is 0.000000714. The second-order valence-corrected chi connectivity index (χ2v) is 10.6. The fourth-order valence-electron chi connectivity index (χ4n) is 4.76. The highest BCUT2D eigenvalue weighted by Gasteiger charge is 2.17. The summed E-state index contributed by atoms with van der Waals surface area (Å²) in [6.07, 6.45) is 0. The molecule has 224 valence electrons. The van der Waals surface area contributed by atoms with Gasteiger partial charge in [-0.15, -0.1) is 0 Å². The van der Waals surface area contributed by atoms with E-state index in [4.69, 9.17) is 41.7 Å². The average molecular weight is 589 g/mol. The molecule has 41 heavy (non-hydrogen) atoms. The van der Waals surface area contributed by atoms with Gasteiger partial charge in [-0.2, -0.15) is 0 Å². The molecule has 3 heterocycles. The normalized spacial score (nSPS) is 16.7. The zero-order chi connectivity index (χ0) is 29.4. The Labute approximate surface area is 240 Å². The quantitative estimate of drug-likeness (QED) is 0.298. The molecule has 5 rings (SSSR count). The van der Waals surface area contributed by atoms with Crippen LogP contribution in [0.1, 0.15) is 0 Å². The number of anilines is 2. The van der Waals surface area contributed by atoms with Gasteiger partial charge in [-0.05, 0) is 37.4 Å². The lowest BCUT2D eigenvalue weighted by Gasteiger charge is -2.34. The largest absolute Gasteiger partial charge is 0.759 e. The summed E-state index contributed by atoms with van der Waals surface area (Å²) >= 11 is 0. The first kappa shape index (κ1) is 30.7. The van der Waals surface area contributed by atoms with Crippen LogP contribution in [0.4, 0.5) is 11.5 Å². The number of morpholine rings is 1. The molecule has 0 amide bonds. The van der Waals surface area contributed by atoms with Gasteiger partial charge in [0, 0.05) is 85.5 Å². The van der Waals surface area contributed by atoms with E-state index >= 15 is 0 Å². The summed E-state index contributed by atoms with van der Waals surface area (Å²) < 4.78 is 50.7. The zero-order valence-corrected chi connectivity index (χ0v) is 24.4. The zero-order valence-electron chi connectivity index (χ0n) is 23.5. The Morgan fingerprint density at radius 1 is 0.927 bits per heavy atom. The predicted octanol–water partition coefficient (Wildman–Crippen LogP) is 1.47. The van der Waals surface area contributed by atoms with Crippen molar-refractivity contribution in [1.29, 1.82) is 0 Å². The van der Waals surface area contributed by atoms with E-state index in [1.807, 2.05) is 12.1 Å². The van der Waals surface area contributed by atoms with Crippen LogP contribution < -0.4 is 19.7 Å². The SMILES string of the molecule is COc1cc2nc(-c3ccc(N4CCN(C)CC4)cc3)nc(NCCN3CCOCC3)c2cc1OC.O=S(=O)([O-])[O-]. The molecule has 3 aromatic rings. The number of nitrogens with one attached hydrogen (secondary N) is 1. The lowest BCUT2D eigenvalue weighted by Crippen LogP contribution is -2.44. The summed E-state index contributed by atoms with van der Waals surface area (Å²) in [4.78, 5) is 17.1. The monoisotopic (exact) mass is 588 g/mol. The second kappa shape index (κ2) is 14.1. The summed E-state index contributed by atoms with van der Waals surface area (Å²) in [7, 11) is 0.297. The molecule has 0 aliphatic carbocycles. The number of nitrogens with zero attached hydrogens (tertiary/aromatic N) is 5. The van der Waals surface area contributed by atoms with Crippen molar-refractivity contribution in [2.24, 2.45) is 0 Å². The number of ether oxygens (including phenoxy) is 3. The number of fused-ring (bicyclic) bond motifs is 1. The van der Waals surface area contributed by atoms with Gasteiger partial charge in [0.25, 0.3) is 0 Å². The molecule has 0 atom stereocenters. The molecule has 2 aromatic carbocycles. The van der Waals surface area contributed by atoms with Crippen LogP contribution in [-0.4, -0.2) is 124 Å². The Hall–Kier alpha value is -3.27. The number of aromatic nitrogens is 2. The second-order valence-electron chi connectivity index (χ2n) is 9.75. The maximum Gasteiger partial charge on any atom is 0.162 e. The first-order valence-electron chi connectivity index (χ1n) is 13.3. The summed E-state index contributed by atoms with van der Waals surface area (Å²) in [5, 5.41) is 4.47. The Kier molecular flexibility index (Phi) is 10.5. The third kappa shape index (κ3) is 8.86. The molecule has 2 fully saturated rings. The summed E-state index contributed by atoms with van der Waals surface area (Å²) in [6.45, 7) is 9.47. The van der Waals surface area contributed by atoms with E-state index in [9.17, 15) is 0 Å². The van der Waals surface area contributed by atoms with Gasteiger partial charge < -0.3 is 38.4 Å². The van der Waals surface area contributed by atoms with Crippen molar-refractivity contribution in [3.8, 4) is 22.9 Å². The van der Waals surface area contributed by atoms with Gasteiger partial charge in [-0.25, -0.2) is 9.97 Å². The van der Waals surface area contributed by atoms with E-state index in [2.05, 4.69) is 51.3 Å². The highest BCUT2D eigenvalue weighted by Crippen LogP contribution is 2.35. The minimum Gasteiger partial charge on any atom is -0.759 e. The van der Waals surface area contributed by atoms with Crippen molar-refractivity contribution >= 4 is 32.8 Å². The minimum atomic E-state index is -5.17. The van der Waals surface area contributed by atoms with Crippen molar-refractivity contribution in [1.82, 2.24) is 19.8 Å². The van der Waals surface area contributed by atoms with E-state index < -0.39 is 10.4 Å². The van der Waals surface area contributed by atoms with E-state index in [1.165, 1.54) is 5.69 Å². The average Bonchev–Trinajstić information content (AvgIpc) is 2.96. The molecule has 0 radical (unpaired) electrons. The van der Waals surface area contributed by atoms with E-state index in [0.717, 1.165) is 87.9 Å². The highest BCUT2D eigenvalue weighted by atomic mass is 32.3. The summed E-state index contributed by atoms with van der Waals surface area (Å²) in [5.41, 5.74) is 3.04. The van der Waals surface area contributed by atoms with Gasteiger partial charge in [0.1, 0.15) is 5.82 Å². The molecular weight excluding hydrogens is 552 g/mol. The molecule has 0 spiro atoms. The topological polar surface area (TPSA) is 155 Å². The number of likely N-dealkylation sites (N-methyl/N-ethyl adjacent to an activating group) is 1. The molecule has 0 saturated carbocycles. The maximum atomic E-state index is 8.52. The number of benzene rings is 2. The van der Waals surface area contributed by atoms with Crippen LogP contribution in [0.2, 0.25) is 0 Å². The molecule has 13 nitrogen and oxygen atoms in total. The van der Waals surface area contributed by atoms with Crippen LogP contribution >= 0.6 is 0 Å². The van der Waals surface area contributed by atoms with Crippen molar-refractivity contribution < 1.29 is 31.7 Å². The molecule has 1 aromatic heterocycles. The molecule has 2 aliphatic rings. The first-order valence-corrected chi connectivity index (χ1v) is 14.7. The third-order valence-corrected chi connectivity index (χ3v) is 7.02. The molecule has 2 aliphatic heterocycles. The van der Waals surface area contributed by atoms with Gasteiger partial charge in [-0.1, -0.05) is 0 Å². The molecule has 0 bridgehead atoms. The number of methoxy groups -OCH3 is 2. The molecule has 14 heteroatoms. The van der Waals surface area contributed by atoms with Crippen LogP contribution in [0.15, 0.2) is 36.4 Å². The number of hydrogen-bond donors (Lipinski definition) is 1. The smallest absolute Gasteiger partial charge is 0.162 e. The Morgan fingerprint density at radius 3 is 2.15 bits per heavy atom. The van der Waals surface area contributed by atoms with Gasteiger partial charge >= 0.3 is 0 Å². The number of hydrogen-bond acceptors (Lipinski definition) is 13. The van der Waals surface area contributed by atoms with E-state index in [-0.39, 0.29) is 0 Å². The molecule has 0 unspecified atom stereocenters. The van der Waals surface area contributed by atoms with Gasteiger partial charge in [0.2, 0.25) is 0 Å². The van der Waals surface area contributed by atoms with Crippen LogP contribution in [0.3, 0.4) is 0 Å². The lowest BCUT2D eigenvalue weighted by molar-refractivity contribution is 0.0398. The third-order valence-electron chi connectivity index (χ3n) is 7.02. The van der Waals surface area contributed by atoms with Crippen LogP contribution in [0.5, 0.6) is 11.5 Å². The molecule has 1 N–H and O–H groups in total. The predicted molar refractivity (Wildman–Crippen MR) is 154 cm³/mol. The van der Waals surface area contributed by atoms with Gasteiger partial charge in [-0.3, -0.25) is 13.3 Å². The van der Waals surface area contributed by atoms with Crippen molar-refractivity contribution in [2.45, 2.75) is 0 Å². The standard InChI is InChI=1S/C27H36N6O3.H2O4S/c1-31-10-12-33(13-11-31)21-6-4-20(5-7-21)26-29-23-19-25(35-3)24(34-2)18-22(23)27(30-26)28-8-9-32-14-16-36-17-15-32;1-5(2,3)4/h4-7,18-19H,8-17H2,1-3H3,(H,28,29,30);(H2,1,2,3,4)/p-2. The van der Waals surface area contributed by atoms with Gasteiger partial charge in [0.15, 0.2) is 17.3 Å². The van der Waals surface area contributed by atoms with Crippen LogP contribution in [-0.2, 0) is 15.1 Å². The highest BCUT2D eigenvalue weighted by molar-refractivity contribution is 7.79. The fourth-order valence-corrected chi connectivity index (χ4v) is 4.76. The first-order chi connectivity index (χ1) is 19.6. The van der Waals surface area contributed by atoms with Crippen molar-refractivity contribution in [3.63, 3.8) is 0 Å². The summed E-state index contributed by atoms with van der Waals surface area (Å²) in [5.74, 6) is 2.80. The minimum absolute atomic E-state index is 0.652. The molecular formula is C27H36N6O7S-2. The Bertz CT molecular complexity index is 1390. The Morgan fingerprint density at radius 2 is 1.54 bits per heavy atom. The lowest BCUT2D eigenvalue weighted by atomic mass is 10.1. The van der Waals surface area contributed by atoms with Crippen LogP contribution in [0, 0.1) is 0 Å². The van der Waals surface area contributed by atoms with Crippen LogP contribution in [0.25, 0.3) is 22.3 Å². The van der Waals surface area contributed by atoms with E-state index in [0.29, 0.717) is 17.3 Å². The summed E-state index contributed by atoms with van der Waals surface area (Å²) in [6, 6.07) is 12.5. The maximum absolute atomic E-state index is 8.52. The van der Waals surface area contributed by atoms with Crippen molar-refractivity contribution in [2.75, 3.05) is 97.1 Å². The van der Waals surface area contributed by atoms with Gasteiger partial charge in [0.05, 0.1) is 33.0 Å².